The molecule has 22 heavy (non-hydrogen) atoms. The molecule has 2 fully saturated rings. The highest BCUT2D eigenvalue weighted by Gasteiger charge is 2.57. The summed E-state index contributed by atoms with van der Waals surface area (Å²) >= 11 is 0. The maximum atomic E-state index is 12.4. The minimum absolute atomic E-state index is 0.144. The number of Topliss-reactive ketones (excluding diaryl/α,β-unsaturated/α-hetero) is 1. The van der Waals surface area contributed by atoms with Gasteiger partial charge in [-0.2, -0.15) is 0 Å². The predicted octanol–water partition coefficient (Wildman–Crippen LogP) is 4.29. The van der Waals surface area contributed by atoms with Crippen molar-refractivity contribution in [3.63, 3.8) is 0 Å². The number of aliphatic hydroxyl groups excluding tert-OH is 1. The molecular weight excluding hydrogens is 272 g/mol. The van der Waals surface area contributed by atoms with E-state index in [2.05, 4.69) is 40.3 Å². The second-order valence-corrected chi connectivity index (χ2v) is 8.91. The molecule has 5 atom stereocenters. The minimum Gasteiger partial charge on any atom is -0.392 e. The van der Waals surface area contributed by atoms with Crippen LogP contribution in [-0.4, -0.2) is 17.0 Å². The summed E-state index contributed by atoms with van der Waals surface area (Å²) in [4.78, 5) is 12.4. The van der Waals surface area contributed by atoms with E-state index in [0.29, 0.717) is 24.0 Å². The molecule has 0 unspecified atom stereocenters. The number of ketones is 1. The highest BCUT2D eigenvalue weighted by Crippen LogP contribution is 2.62. The summed E-state index contributed by atoms with van der Waals surface area (Å²) in [5.41, 5.74) is 1.20. The van der Waals surface area contributed by atoms with Crippen LogP contribution in [0.5, 0.6) is 0 Å². The van der Waals surface area contributed by atoms with Gasteiger partial charge in [-0.25, -0.2) is 0 Å². The molecule has 0 heterocycles. The first-order valence-corrected chi connectivity index (χ1v) is 8.69. The second kappa shape index (κ2) is 4.80. The van der Waals surface area contributed by atoms with Gasteiger partial charge in [0.1, 0.15) is 5.78 Å². The third-order valence-corrected chi connectivity index (χ3v) is 7.41. The number of aliphatic hydroxyl groups is 1. The maximum Gasteiger partial charge on any atom is 0.138 e. The van der Waals surface area contributed by atoms with Crippen LogP contribution in [0, 0.1) is 28.1 Å². The molecule has 2 heteroatoms. The van der Waals surface area contributed by atoms with Crippen LogP contribution in [-0.2, 0) is 4.79 Å². The van der Waals surface area contributed by atoms with E-state index in [1.807, 2.05) is 6.08 Å². The van der Waals surface area contributed by atoms with Crippen LogP contribution < -0.4 is 0 Å². The Hall–Kier alpha value is -0.890. The van der Waals surface area contributed by atoms with Gasteiger partial charge >= 0.3 is 0 Å². The Morgan fingerprint density at radius 1 is 1.32 bits per heavy atom. The Morgan fingerprint density at radius 2 is 2.00 bits per heavy atom. The molecule has 3 rings (SSSR count). The van der Waals surface area contributed by atoms with Gasteiger partial charge < -0.3 is 5.11 Å². The zero-order valence-corrected chi connectivity index (χ0v) is 14.5. The molecule has 0 aliphatic heterocycles. The van der Waals surface area contributed by atoms with Crippen molar-refractivity contribution in [1.29, 1.82) is 0 Å². The minimum atomic E-state index is -0.330. The van der Waals surface area contributed by atoms with Gasteiger partial charge in [-0.1, -0.05) is 45.4 Å². The molecule has 122 valence electrons. The number of hydrogen-bond donors (Lipinski definition) is 1. The zero-order chi connectivity index (χ0) is 16.3. The normalized spacial score (nSPS) is 47.2. The van der Waals surface area contributed by atoms with E-state index < -0.39 is 0 Å². The van der Waals surface area contributed by atoms with Gasteiger partial charge in [0.15, 0.2) is 0 Å². The number of carbonyl (C=O) groups excluding carboxylic acids is 1. The number of rotatable bonds is 1. The first kappa shape index (κ1) is 16.0. The van der Waals surface area contributed by atoms with Crippen molar-refractivity contribution in [3.05, 3.63) is 24.3 Å². The molecule has 0 radical (unpaired) electrons. The summed E-state index contributed by atoms with van der Waals surface area (Å²) < 4.78 is 0. The SMILES string of the molecule is C=C[C@]1(C)CC2=CC[C@H]3C(C)(C)C(=O)CC[C@]3(C)[C@H]2C[C@@H]1O. The Morgan fingerprint density at radius 3 is 2.64 bits per heavy atom. The van der Waals surface area contributed by atoms with Gasteiger partial charge in [0.05, 0.1) is 6.10 Å². The van der Waals surface area contributed by atoms with Crippen LogP contribution in [0.2, 0.25) is 0 Å². The first-order chi connectivity index (χ1) is 10.1. The number of allylic oxidation sites excluding steroid dienone is 2. The zero-order valence-electron chi connectivity index (χ0n) is 14.5. The molecular formula is C20H30O2. The second-order valence-electron chi connectivity index (χ2n) is 8.91. The Labute approximate surface area is 134 Å². The smallest absolute Gasteiger partial charge is 0.138 e. The van der Waals surface area contributed by atoms with Crippen molar-refractivity contribution in [3.8, 4) is 0 Å². The van der Waals surface area contributed by atoms with Crippen LogP contribution in [0.1, 0.15) is 59.8 Å². The molecule has 0 aromatic rings. The van der Waals surface area contributed by atoms with Gasteiger partial charge in [0, 0.05) is 17.3 Å². The fraction of sp³-hybridized carbons (Fsp3) is 0.750. The number of hydrogen-bond acceptors (Lipinski definition) is 2. The molecule has 0 bridgehead atoms. The van der Waals surface area contributed by atoms with Crippen molar-refractivity contribution in [2.24, 2.45) is 28.1 Å². The van der Waals surface area contributed by atoms with Crippen molar-refractivity contribution >= 4 is 5.78 Å². The van der Waals surface area contributed by atoms with E-state index in [1.165, 1.54) is 5.57 Å². The van der Waals surface area contributed by atoms with E-state index in [9.17, 15) is 9.90 Å². The number of carbonyl (C=O) groups is 1. The van der Waals surface area contributed by atoms with E-state index in [4.69, 9.17) is 0 Å². The standard InChI is InChI=1S/C20H30O2/c1-6-19(4)12-13-7-8-15-18(2,3)16(21)9-10-20(15,5)14(13)11-17(19)22/h6-7,14-15,17,22H,1,8-12H2,2-5H3/t14-,15-,17-,19+,20+/m0/s1. The van der Waals surface area contributed by atoms with Crippen molar-refractivity contribution in [1.82, 2.24) is 0 Å². The highest BCUT2D eigenvalue weighted by molar-refractivity contribution is 5.85. The van der Waals surface area contributed by atoms with E-state index in [0.717, 1.165) is 25.7 Å². The molecule has 0 amide bonds. The Balaban J connectivity index is 2.00. The number of fused-ring (bicyclic) bond motifs is 3. The highest BCUT2D eigenvalue weighted by atomic mass is 16.3. The predicted molar refractivity (Wildman–Crippen MR) is 89.4 cm³/mol. The molecule has 0 spiro atoms. The fourth-order valence-electron chi connectivity index (χ4n) is 5.59. The molecule has 3 aliphatic carbocycles. The summed E-state index contributed by atoms with van der Waals surface area (Å²) in [6, 6.07) is 0. The molecule has 3 aliphatic rings. The summed E-state index contributed by atoms with van der Waals surface area (Å²) in [7, 11) is 0. The monoisotopic (exact) mass is 302 g/mol. The van der Waals surface area contributed by atoms with E-state index in [-0.39, 0.29) is 22.3 Å². The Kier molecular flexibility index (Phi) is 3.49. The Bertz CT molecular complexity index is 544. The molecule has 2 saturated carbocycles. The lowest BCUT2D eigenvalue weighted by molar-refractivity contribution is -0.145. The topological polar surface area (TPSA) is 37.3 Å². The van der Waals surface area contributed by atoms with Gasteiger partial charge in [-0.15, -0.1) is 6.58 Å². The molecule has 0 aromatic carbocycles. The summed E-state index contributed by atoms with van der Waals surface area (Å²) in [5, 5.41) is 10.7. The van der Waals surface area contributed by atoms with Gasteiger partial charge in [-0.05, 0) is 42.9 Å². The first-order valence-electron chi connectivity index (χ1n) is 8.69. The average molecular weight is 302 g/mol. The van der Waals surface area contributed by atoms with Crippen LogP contribution in [0.4, 0.5) is 0 Å². The van der Waals surface area contributed by atoms with E-state index >= 15 is 0 Å². The maximum absolute atomic E-state index is 12.4. The van der Waals surface area contributed by atoms with Crippen LogP contribution >= 0.6 is 0 Å². The quantitative estimate of drug-likeness (QED) is 0.734. The van der Waals surface area contributed by atoms with Gasteiger partial charge in [0.25, 0.3) is 0 Å². The average Bonchev–Trinajstić information content (AvgIpc) is 2.46. The lowest BCUT2D eigenvalue weighted by atomic mass is 9.45. The van der Waals surface area contributed by atoms with Crippen molar-refractivity contribution in [2.45, 2.75) is 65.9 Å². The molecule has 0 aromatic heterocycles. The lowest BCUT2D eigenvalue weighted by Gasteiger charge is -2.59. The molecule has 1 N–H and O–H groups in total. The van der Waals surface area contributed by atoms with Crippen LogP contribution in [0.15, 0.2) is 24.3 Å². The molecule has 0 saturated heterocycles. The lowest BCUT2D eigenvalue weighted by Crippen LogP contribution is -2.55. The van der Waals surface area contributed by atoms with Gasteiger partial charge in [-0.3, -0.25) is 4.79 Å². The summed E-state index contributed by atoms with van der Waals surface area (Å²) in [6.45, 7) is 12.7. The van der Waals surface area contributed by atoms with Crippen molar-refractivity contribution in [2.75, 3.05) is 0 Å². The third kappa shape index (κ3) is 1.99. The van der Waals surface area contributed by atoms with Crippen molar-refractivity contribution < 1.29 is 9.90 Å². The van der Waals surface area contributed by atoms with Crippen LogP contribution in [0.3, 0.4) is 0 Å². The summed E-state index contributed by atoms with van der Waals surface area (Å²) in [5.74, 6) is 1.23. The van der Waals surface area contributed by atoms with E-state index in [1.54, 1.807) is 0 Å². The summed E-state index contributed by atoms with van der Waals surface area (Å²) in [6.07, 6.45) is 8.37. The van der Waals surface area contributed by atoms with Gasteiger partial charge in [0.2, 0.25) is 0 Å². The molecule has 2 nitrogen and oxygen atoms in total. The van der Waals surface area contributed by atoms with Crippen LogP contribution in [0.25, 0.3) is 0 Å². The fourth-order valence-corrected chi connectivity index (χ4v) is 5.59. The third-order valence-electron chi connectivity index (χ3n) is 7.41. The largest absolute Gasteiger partial charge is 0.392 e.